The fourth-order valence-electron chi connectivity index (χ4n) is 0.844. The lowest BCUT2D eigenvalue weighted by Gasteiger charge is -1.95. The molecule has 1 amide bonds. The molecule has 0 saturated heterocycles. The number of amides is 1. The predicted octanol–water partition coefficient (Wildman–Crippen LogP) is -0.0628. The Hall–Kier alpha value is -1.29. The topological polar surface area (TPSA) is 70.9 Å². The summed E-state index contributed by atoms with van der Waals surface area (Å²) in [5.74, 6) is 4.77. The van der Waals surface area contributed by atoms with Crippen molar-refractivity contribution in [1.82, 2.24) is 10.4 Å². The van der Waals surface area contributed by atoms with Crippen molar-refractivity contribution in [2.45, 2.75) is 12.8 Å². The third-order valence-corrected chi connectivity index (χ3v) is 1.46. The molecule has 0 unspecified atom stereocenters. The van der Waals surface area contributed by atoms with Gasteiger partial charge < -0.3 is 4.98 Å². The van der Waals surface area contributed by atoms with Crippen molar-refractivity contribution in [3.8, 4) is 0 Å². The van der Waals surface area contributed by atoms with E-state index in [4.69, 9.17) is 5.84 Å². The molecule has 1 heterocycles. The molecule has 0 aliphatic carbocycles. The molecule has 0 spiro atoms. The summed E-state index contributed by atoms with van der Waals surface area (Å²) < 4.78 is 0. The van der Waals surface area contributed by atoms with Crippen LogP contribution in [0.3, 0.4) is 0 Å². The highest BCUT2D eigenvalue weighted by atomic mass is 16.2. The number of carbonyl (C=O) groups excluding carboxylic acids is 1. The molecule has 0 aliphatic rings. The maximum atomic E-state index is 10.7. The molecule has 11 heavy (non-hydrogen) atoms. The van der Waals surface area contributed by atoms with Gasteiger partial charge >= 0.3 is 0 Å². The van der Waals surface area contributed by atoms with Crippen LogP contribution in [-0.4, -0.2) is 10.9 Å². The van der Waals surface area contributed by atoms with Crippen LogP contribution in [0.2, 0.25) is 0 Å². The predicted molar refractivity (Wildman–Crippen MR) is 41.4 cm³/mol. The fourth-order valence-corrected chi connectivity index (χ4v) is 0.844. The van der Waals surface area contributed by atoms with Gasteiger partial charge in [0.15, 0.2) is 0 Å². The number of aromatic amines is 1. The summed E-state index contributed by atoms with van der Waals surface area (Å²) in [7, 11) is 0. The van der Waals surface area contributed by atoms with Crippen LogP contribution in [0.5, 0.6) is 0 Å². The molecule has 4 N–H and O–H groups in total. The third-order valence-electron chi connectivity index (χ3n) is 1.46. The molecular weight excluding hydrogens is 142 g/mol. The molecule has 0 fully saturated rings. The number of nitrogens with two attached hydrogens (primary N) is 1. The van der Waals surface area contributed by atoms with Crippen molar-refractivity contribution >= 4 is 5.91 Å². The zero-order chi connectivity index (χ0) is 8.10. The van der Waals surface area contributed by atoms with Crippen LogP contribution >= 0.6 is 0 Å². The van der Waals surface area contributed by atoms with E-state index >= 15 is 0 Å². The lowest BCUT2D eigenvalue weighted by atomic mass is 10.2. The highest BCUT2D eigenvalue weighted by Gasteiger charge is 1.98. The monoisotopic (exact) mass is 153 g/mol. The maximum Gasteiger partial charge on any atom is 0.234 e. The van der Waals surface area contributed by atoms with E-state index in [1.54, 1.807) is 0 Å². The minimum atomic E-state index is -0.133. The first-order valence-corrected chi connectivity index (χ1v) is 3.44. The van der Waals surface area contributed by atoms with Crippen molar-refractivity contribution in [3.63, 3.8) is 0 Å². The minimum absolute atomic E-state index is 0.133. The molecule has 0 aromatic carbocycles. The van der Waals surface area contributed by atoms with Gasteiger partial charge in [-0.15, -0.1) is 0 Å². The van der Waals surface area contributed by atoms with Gasteiger partial charge in [-0.1, -0.05) is 0 Å². The quantitative estimate of drug-likeness (QED) is 0.323. The number of hydrogen-bond donors (Lipinski definition) is 3. The Labute approximate surface area is 64.8 Å². The maximum absolute atomic E-state index is 10.7. The van der Waals surface area contributed by atoms with Gasteiger partial charge in [0.25, 0.3) is 0 Å². The fraction of sp³-hybridized carbons (Fsp3) is 0.286. The number of aryl methyl sites for hydroxylation is 1. The number of hydrogen-bond acceptors (Lipinski definition) is 2. The molecule has 4 nitrogen and oxygen atoms in total. The molecule has 0 aliphatic heterocycles. The van der Waals surface area contributed by atoms with Gasteiger partial charge in [-0.25, -0.2) is 5.84 Å². The second kappa shape index (κ2) is 3.78. The van der Waals surface area contributed by atoms with E-state index in [1.807, 2.05) is 18.5 Å². The minimum Gasteiger partial charge on any atom is -0.367 e. The van der Waals surface area contributed by atoms with Crippen LogP contribution < -0.4 is 11.3 Å². The van der Waals surface area contributed by atoms with Crippen molar-refractivity contribution in [2.24, 2.45) is 5.84 Å². The van der Waals surface area contributed by atoms with E-state index < -0.39 is 0 Å². The van der Waals surface area contributed by atoms with Crippen molar-refractivity contribution in [2.75, 3.05) is 0 Å². The summed E-state index contributed by atoms with van der Waals surface area (Å²) in [5, 5.41) is 0. The number of aromatic nitrogens is 1. The summed E-state index contributed by atoms with van der Waals surface area (Å²) in [6.45, 7) is 0. The average molecular weight is 153 g/mol. The van der Waals surface area contributed by atoms with Crippen molar-refractivity contribution in [1.29, 1.82) is 0 Å². The Morgan fingerprint density at radius 3 is 3.09 bits per heavy atom. The standard InChI is InChI=1S/C7H11N3O/c8-10-7(11)2-1-6-3-4-9-5-6/h3-5,9H,1-2,8H2,(H,10,11). The van der Waals surface area contributed by atoms with Crippen LogP contribution in [0.15, 0.2) is 18.5 Å². The average Bonchev–Trinajstić information content (AvgIpc) is 2.52. The smallest absolute Gasteiger partial charge is 0.234 e. The van der Waals surface area contributed by atoms with Gasteiger partial charge in [-0.05, 0) is 18.1 Å². The molecule has 0 bridgehead atoms. The van der Waals surface area contributed by atoms with E-state index in [0.29, 0.717) is 6.42 Å². The lowest BCUT2D eigenvalue weighted by molar-refractivity contribution is -0.121. The molecule has 0 saturated carbocycles. The van der Waals surface area contributed by atoms with Crippen LogP contribution in [0.25, 0.3) is 0 Å². The van der Waals surface area contributed by atoms with Gasteiger partial charge in [-0.2, -0.15) is 0 Å². The Morgan fingerprint density at radius 1 is 1.73 bits per heavy atom. The lowest BCUT2D eigenvalue weighted by Crippen LogP contribution is -2.30. The Kier molecular flexibility index (Phi) is 2.68. The molecule has 1 aromatic heterocycles. The summed E-state index contributed by atoms with van der Waals surface area (Å²) in [4.78, 5) is 13.6. The van der Waals surface area contributed by atoms with E-state index in [1.165, 1.54) is 0 Å². The second-order valence-corrected chi connectivity index (χ2v) is 2.29. The summed E-state index contributed by atoms with van der Waals surface area (Å²) in [6, 6.07) is 1.93. The van der Waals surface area contributed by atoms with E-state index in [9.17, 15) is 4.79 Å². The van der Waals surface area contributed by atoms with Crippen LogP contribution in [-0.2, 0) is 11.2 Å². The number of carbonyl (C=O) groups is 1. The zero-order valence-electron chi connectivity index (χ0n) is 6.13. The number of nitrogens with one attached hydrogen (secondary N) is 2. The van der Waals surface area contributed by atoms with Gasteiger partial charge in [-0.3, -0.25) is 10.2 Å². The van der Waals surface area contributed by atoms with Gasteiger partial charge in [0.1, 0.15) is 0 Å². The molecule has 60 valence electrons. The number of H-pyrrole nitrogens is 1. The van der Waals surface area contributed by atoms with Crippen LogP contribution in [0.1, 0.15) is 12.0 Å². The summed E-state index contributed by atoms with van der Waals surface area (Å²) >= 11 is 0. The zero-order valence-corrected chi connectivity index (χ0v) is 6.13. The van der Waals surface area contributed by atoms with Crippen LogP contribution in [0, 0.1) is 0 Å². The van der Waals surface area contributed by atoms with Gasteiger partial charge in [0.05, 0.1) is 0 Å². The number of rotatable bonds is 3. The van der Waals surface area contributed by atoms with Gasteiger partial charge in [0.2, 0.25) is 5.91 Å². The SMILES string of the molecule is NNC(=O)CCc1cc[nH]c1. The van der Waals surface area contributed by atoms with Gasteiger partial charge in [0, 0.05) is 18.8 Å². The molecule has 0 atom stereocenters. The normalized spacial score (nSPS) is 9.55. The largest absolute Gasteiger partial charge is 0.367 e. The highest BCUT2D eigenvalue weighted by molar-refractivity contribution is 5.75. The second-order valence-electron chi connectivity index (χ2n) is 2.29. The van der Waals surface area contributed by atoms with Crippen molar-refractivity contribution < 1.29 is 4.79 Å². The Balaban J connectivity index is 2.29. The van der Waals surface area contributed by atoms with Crippen LogP contribution in [0.4, 0.5) is 0 Å². The first kappa shape index (κ1) is 7.81. The van der Waals surface area contributed by atoms with E-state index in [0.717, 1.165) is 12.0 Å². The Morgan fingerprint density at radius 2 is 2.55 bits per heavy atom. The first-order chi connectivity index (χ1) is 5.33. The Bertz CT molecular complexity index is 218. The van der Waals surface area contributed by atoms with E-state index in [-0.39, 0.29) is 5.91 Å². The first-order valence-electron chi connectivity index (χ1n) is 3.44. The molecule has 1 aromatic rings. The van der Waals surface area contributed by atoms with Crippen molar-refractivity contribution in [3.05, 3.63) is 24.0 Å². The van der Waals surface area contributed by atoms with E-state index in [2.05, 4.69) is 10.4 Å². The molecule has 4 heteroatoms. The molecule has 1 rings (SSSR count). The molecular formula is C7H11N3O. The summed E-state index contributed by atoms with van der Waals surface area (Å²) in [6.07, 6.45) is 4.86. The third kappa shape index (κ3) is 2.43. The summed E-state index contributed by atoms with van der Waals surface area (Å²) in [5.41, 5.74) is 3.20. The molecule has 0 radical (unpaired) electrons. The number of hydrazine groups is 1. The highest BCUT2D eigenvalue weighted by Crippen LogP contribution is 1.99.